The van der Waals surface area contributed by atoms with E-state index in [9.17, 15) is 5.26 Å². The highest BCUT2D eigenvalue weighted by molar-refractivity contribution is 5.63. The zero-order valence-electron chi connectivity index (χ0n) is 11.9. The molecule has 0 radical (unpaired) electrons. The average Bonchev–Trinajstić information content (AvgIpc) is 2.86. The van der Waals surface area contributed by atoms with Crippen molar-refractivity contribution in [1.82, 2.24) is 14.7 Å². The van der Waals surface area contributed by atoms with Crippen LogP contribution in [0.3, 0.4) is 0 Å². The van der Waals surface area contributed by atoms with Gasteiger partial charge in [-0.25, -0.2) is 4.98 Å². The van der Waals surface area contributed by atoms with Crippen molar-refractivity contribution in [1.29, 1.82) is 5.26 Å². The highest BCUT2D eigenvalue weighted by Crippen LogP contribution is 2.28. The maximum atomic E-state index is 9.28. The van der Waals surface area contributed by atoms with Crippen LogP contribution >= 0.6 is 0 Å². The molecular formula is C15H19N5. The minimum atomic E-state index is 0.434. The number of piperidine rings is 1. The lowest BCUT2D eigenvalue weighted by molar-refractivity contribution is 0.444. The molecule has 0 spiro atoms. The van der Waals surface area contributed by atoms with Crippen LogP contribution in [0, 0.1) is 11.3 Å². The smallest absolute Gasteiger partial charge is 0.166 e. The van der Waals surface area contributed by atoms with E-state index >= 15 is 0 Å². The van der Waals surface area contributed by atoms with E-state index in [1.165, 1.54) is 0 Å². The topological polar surface area (TPSA) is 56.4 Å². The third kappa shape index (κ3) is 2.12. The first-order chi connectivity index (χ1) is 9.70. The normalized spacial score (nSPS) is 16.2. The first kappa shape index (κ1) is 12.9. The number of nitriles is 1. The molecule has 0 unspecified atom stereocenters. The fourth-order valence-electron chi connectivity index (χ4n) is 2.81. The summed E-state index contributed by atoms with van der Waals surface area (Å²) in [6.07, 6.45) is 4.24. The summed E-state index contributed by atoms with van der Waals surface area (Å²) in [5.41, 5.74) is 2.56. The van der Waals surface area contributed by atoms with E-state index in [1.54, 1.807) is 0 Å². The molecule has 0 bridgehead atoms. The summed E-state index contributed by atoms with van der Waals surface area (Å²) in [7, 11) is 4.04. The zero-order chi connectivity index (χ0) is 14.1. The van der Waals surface area contributed by atoms with Gasteiger partial charge in [-0.2, -0.15) is 5.26 Å². The molecule has 1 aliphatic rings. The van der Waals surface area contributed by atoms with Gasteiger partial charge in [0.05, 0.1) is 11.2 Å². The van der Waals surface area contributed by atoms with E-state index < -0.39 is 0 Å². The molecule has 0 saturated carbocycles. The predicted octanol–water partition coefficient (Wildman–Crippen LogP) is 1.74. The van der Waals surface area contributed by atoms with Gasteiger partial charge in [0, 0.05) is 26.2 Å². The molecule has 0 aliphatic carbocycles. The van der Waals surface area contributed by atoms with Crippen molar-refractivity contribution in [3.05, 3.63) is 29.8 Å². The third-order valence-electron chi connectivity index (χ3n) is 3.98. The van der Waals surface area contributed by atoms with E-state index in [0.29, 0.717) is 11.6 Å². The Morgan fingerprint density at radius 3 is 2.75 bits per heavy atom. The second-order valence-corrected chi connectivity index (χ2v) is 5.49. The molecule has 1 fully saturated rings. The molecular weight excluding hydrogens is 250 g/mol. The summed E-state index contributed by atoms with van der Waals surface area (Å²) in [6, 6.07) is 6.24. The predicted molar refractivity (Wildman–Crippen MR) is 79.1 cm³/mol. The minimum Gasteiger partial charge on any atom is -0.376 e. The number of hydrogen-bond acceptors (Lipinski definition) is 4. The Balaban J connectivity index is 2.14. The molecule has 0 amide bonds. The molecule has 3 rings (SSSR count). The van der Waals surface area contributed by atoms with Crippen molar-refractivity contribution < 1.29 is 0 Å². The first-order valence-corrected chi connectivity index (χ1v) is 7.01. The van der Waals surface area contributed by atoms with Gasteiger partial charge in [-0.05, 0) is 38.1 Å². The van der Waals surface area contributed by atoms with Gasteiger partial charge >= 0.3 is 0 Å². The van der Waals surface area contributed by atoms with Crippen molar-refractivity contribution in [2.75, 3.05) is 32.1 Å². The molecule has 1 N–H and O–H groups in total. The Labute approximate surface area is 118 Å². The maximum Gasteiger partial charge on any atom is 0.166 e. The van der Waals surface area contributed by atoms with E-state index in [1.807, 2.05) is 26.2 Å². The summed E-state index contributed by atoms with van der Waals surface area (Å²) in [5, 5.41) is 12.6. The summed E-state index contributed by atoms with van der Waals surface area (Å²) >= 11 is 0. The van der Waals surface area contributed by atoms with Gasteiger partial charge in [-0.15, -0.1) is 0 Å². The molecule has 5 heteroatoms. The number of fused-ring (bicyclic) bond motifs is 1. The van der Waals surface area contributed by atoms with Crippen molar-refractivity contribution in [2.45, 2.75) is 18.8 Å². The molecule has 1 saturated heterocycles. The van der Waals surface area contributed by atoms with Crippen molar-refractivity contribution >= 4 is 11.2 Å². The van der Waals surface area contributed by atoms with Crippen LogP contribution in [0.5, 0.6) is 0 Å². The quantitative estimate of drug-likeness (QED) is 0.902. The standard InChI is InChI=1S/C15H19N5/c1-19(2)12-3-4-14-13(9-16)18-15(20(14)10-12)11-5-7-17-8-6-11/h3-4,10-11,17H,5-8H2,1-2H3. The highest BCUT2D eigenvalue weighted by atomic mass is 15.1. The third-order valence-corrected chi connectivity index (χ3v) is 3.98. The minimum absolute atomic E-state index is 0.434. The fourth-order valence-corrected chi connectivity index (χ4v) is 2.81. The molecule has 3 heterocycles. The van der Waals surface area contributed by atoms with Gasteiger partial charge in [0.15, 0.2) is 5.69 Å². The lowest BCUT2D eigenvalue weighted by atomic mass is 9.97. The second-order valence-electron chi connectivity index (χ2n) is 5.49. The number of aromatic nitrogens is 2. The summed E-state index contributed by atoms with van der Waals surface area (Å²) in [6.45, 7) is 2.05. The Morgan fingerprint density at radius 2 is 2.10 bits per heavy atom. The number of nitrogens with one attached hydrogen (secondary N) is 1. The molecule has 5 nitrogen and oxygen atoms in total. The molecule has 104 valence electrons. The van der Waals surface area contributed by atoms with E-state index in [4.69, 9.17) is 0 Å². The van der Waals surface area contributed by atoms with Crippen LogP contribution in [0.4, 0.5) is 5.69 Å². The van der Waals surface area contributed by atoms with Gasteiger partial charge < -0.3 is 14.6 Å². The van der Waals surface area contributed by atoms with E-state index in [-0.39, 0.29) is 0 Å². The van der Waals surface area contributed by atoms with Crippen LogP contribution in [0.2, 0.25) is 0 Å². The van der Waals surface area contributed by atoms with Gasteiger partial charge in [-0.3, -0.25) is 0 Å². The van der Waals surface area contributed by atoms with Gasteiger partial charge in [0.25, 0.3) is 0 Å². The molecule has 0 atom stereocenters. The Hall–Kier alpha value is -2.06. The van der Waals surface area contributed by atoms with Crippen molar-refractivity contribution in [3.8, 4) is 6.07 Å². The Morgan fingerprint density at radius 1 is 1.35 bits per heavy atom. The summed E-state index contributed by atoms with van der Waals surface area (Å²) in [4.78, 5) is 6.65. The molecule has 2 aromatic rings. The average molecular weight is 269 g/mol. The second kappa shape index (κ2) is 5.14. The van der Waals surface area contributed by atoms with Crippen molar-refractivity contribution in [3.63, 3.8) is 0 Å². The number of nitrogens with zero attached hydrogens (tertiary/aromatic N) is 4. The summed E-state index contributed by atoms with van der Waals surface area (Å²) < 4.78 is 2.10. The van der Waals surface area contributed by atoms with E-state index in [0.717, 1.165) is 43.0 Å². The van der Waals surface area contributed by atoms with Crippen LogP contribution in [0.25, 0.3) is 5.52 Å². The largest absolute Gasteiger partial charge is 0.376 e. The molecule has 2 aromatic heterocycles. The van der Waals surface area contributed by atoms with Crippen LogP contribution in [0.1, 0.15) is 30.3 Å². The first-order valence-electron chi connectivity index (χ1n) is 7.01. The van der Waals surface area contributed by atoms with Crippen LogP contribution in [0.15, 0.2) is 18.3 Å². The zero-order valence-corrected chi connectivity index (χ0v) is 11.9. The Bertz CT molecular complexity index is 659. The van der Waals surface area contributed by atoms with Gasteiger partial charge in [0.1, 0.15) is 11.9 Å². The van der Waals surface area contributed by atoms with Crippen molar-refractivity contribution in [2.24, 2.45) is 0 Å². The number of rotatable bonds is 2. The van der Waals surface area contributed by atoms with Crippen LogP contribution in [-0.4, -0.2) is 36.6 Å². The van der Waals surface area contributed by atoms with Crippen LogP contribution in [-0.2, 0) is 0 Å². The summed E-state index contributed by atoms with van der Waals surface area (Å²) in [5.74, 6) is 1.46. The maximum absolute atomic E-state index is 9.28. The monoisotopic (exact) mass is 269 g/mol. The number of imidazole rings is 1. The Kier molecular flexibility index (Phi) is 3.33. The molecule has 20 heavy (non-hydrogen) atoms. The lowest BCUT2D eigenvalue weighted by Crippen LogP contribution is -2.27. The molecule has 0 aromatic carbocycles. The highest BCUT2D eigenvalue weighted by Gasteiger charge is 2.22. The number of anilines is 1. The van der Waals surface area contributed by atoms with Gasteiger partial charge in [-0.1, -0.05) is 0 Å². The molecule has 1 aliphatic heterocycles. The fraction of sp³-hybridized carbons (Fsp3) is 0.467. The van der Waals surface area contributed by atoms with E-state index in [2.05, 4.69) is 31.9 Å². The lowest BCUT2D eigenvalue weighted by Gasteiger charge is -2.22. The number of pyridine rings is 1. The SMILES string of the molecule is CN(C)c1ccc2c(C#N)nc(C3CCNCC3)n2c1. The van der Waals surface area contributed by atoms with Crippen LogP contribution < -0.4 is 10.2 Å². The van der Waals surface area contributed by atoms with Gasteiger partial charge in [0.2, 0.25) is 0 Å². The number of hydrogen-bond donors (Lipinski definition) is 1.